The fraction of sp³-hybridized carbons (Fsp3) is 0.589. The van der Waals surface area contributed by atoms with Crippen molar-refractivity contribution in [2.75, 3.05) is 164 Å². The van der Waals surface area contributed by atoms with Crippen molar-refractivity contribution >= 4 is 93.3 Å². The highest BCUT2D eigenvalue weighted by Gasteiger charge is 2.49. The van der Waals surface area contributed by atoms with E-state index in [4.69, 9.17) is 51.1 Å². The van der Waals surface area contributed by atoms with Gasteiger partial charge in [-0.3, -0.25) is 29.0 Å². The molecule has 0 saturated carbocycles. The second-order valence-corrected chi connectivity index (χ2v) is 44.4. The Morgan fingerprint density at radius 2 is 0.709 bits per heavy atom. The molecule has 0 unspecified atom stereocenters. The number of ether oxygens (including phenoxy) is 1. The summed E-state index contributed by atoms with van der Waals surface area (Å²) in [6.45, 7) is 32.4. The fourth-order valence-corrected chi connectivity index (χ4v) is 25.5. The van der Waals surface area contributed by atoms with E-state index in [9.17, 15) is 44.7 Å². The van der Waals surface area contributed by atoms with Crippen molar-refractivity contribution in [3.63, 3.8) is 0 Å². The quantitative estimate of drug-likeness (QED) is 0.0395. The molecule has 9 fully saturated rings. The Morgan fingerprint density at radius 1 is 0.397 bits per heavy atom. The number of hydrogen-bond donors (Lipinski definition) is 7. The summed E-state index contributed by atoms with van der Waals surface area (Å²) in [5, 5.41) is 61.9. The Balaban J connectivity index is 0.000000124. The standard InChI is InChI=1S/C29H38ClN5O3.C28H38ClN5O3.C26H34ClN5O2.C24H30ClN5O2/c1-19-17-24(36)27-25(19)28(32-18-31-27)33-11-13-34(14-12-33)29(37)26(20-4-6-21(30)7-5-20)23-3-2-10-35(23)22-8-15-38-16-9-22;1-18-15-22(35)25-23(18)26(31-17-30-25)32-11-13-33(14-12-32)27(36)24(19-6-8-20(29)9-7-19)21-5-4-10-34(21)16-28(2,3)37;1-16-14-20(33)23-21(16)24(29-15-28-23)31-10-12-32(13-11-31)25(34)22(17-4-6-18(27)7-5-17)19-8-9-26(2,3)30-19;1-15-13-19(31)22-20(15)23(28-14-27-22)29-9-11-30(12-10-29)24(32)21(18-3-2-8-26-18)16-4-6-17(25)7-5-16/h4-7,18-19,22-24,26,36H,2-3,8-17H2,1H3;6-9,17-18,21-22,24,35,37H,4-5,10-16H2,1-3H3;4-7,15-16,19-20,22,30,33H,8-14H2,1-3H3;4-7,14-15,18-19,21,26,31H,2-3,8-13H2,1H3/t19-,23+,24-,26+;18-,21+,22-,24+;16-,19+,20-,22+;15-,18-,19-,21+/m1111/s1. The zero-order chi connectivity index (χ0) is 98.8. The van der Waals surface area contributed by atoms with Crippen LogP contribution < -0.4 is 30.2 Å². The second-order valence-electron chi connectivity index (χ2n) is 42.6. The van der Waals surface area contributed by atoms with Gasteiger partial charge in [-0.05, 0) is 232 Å². The summed E-state index contributed by atoms with van der Waals surface area (Å²) in [7, 11) is 0. The van der Waals surface area contributed by atoms with Gasteiger partial charge in [-0.2, -0.15) is 0 Å². The van der Waals surface area contributed by atoms with Crippen molar-refractivity contribution in [1.29, 1.82) is 0 Å². The van der Waals surface area contributed by atoms with Crippen LogP contribution in [0.2, 0.25) is 20.1 Å². The molecular formula is C107H140Cl4N20O10. The van der Waals surface area contributed by atoms with Crippen LogP contribution in [0.15, 0.2) is 122 Å². The zero-order valence-electron chi connectivity index (χ0n) is 82.7. The first kappa shape index (κ1) is 102. The van der Waals surface area contributed by atoms with Crippen molar-refractivity contribution < 1.29 is 49.4 Å². The Labute approximate surface area is 849 Å². The second kappa shape index (κ2) is 44.5. The number of anilines is 4. The van der Waals surface area contributed by atoms with Crippen molar-refractivity contribution in [3.05, 3.63) is 210 Å². The number of aromatic nitrogens is 8. The lowest BCUT2D eigenvalue weighted by molar-refractivity contribution is -0.135. The summed E-state index contributed by atoms with van der Waals surface area (Å²) in [6, 6.07) is 32.0. The average Bonchev–Trinajstić information content (AvgIpc) is 1.63. The lowest BCUT2D eigenvalue weighted by Crippen LogP contribution is -2.54. The lowest BCUT2D eigenvalue weighted by Gasteiger charge is -2.42. The molecular weight excluding hydrogens is 1870 g/mol. The topological polar surface area (TPSA) is 338 Å². The van der Waals surface area contributed by atoms with Gasteiger partial charge in [0.1, 0.15) is 48.6 Å². The highest BCUT2D eigenvalue weighted by Crippen LogP contribution is 2.49. The Kier molecular flexibility index (Phi) is 32.2. The Morgan fingerprint density at radius 3 is 1.03 bits per heavy atom. The number of nitrogens with zero attached hydrogens (tertiary/aromatic N) is 18. The van der Waals surface area contributed by atoms with Crippen LogP contribution in [0.5, 0.6) is 0 Å². The van der Waals surface area contributed by atoms with Crippen molar-refractivity contribution in [1.82, 2.24) is 79.9 Å². The van der Waals surface area contributed by atoms with Gasteiger partial charge in [-0.25, -0.2) is 39.9 Å². The van der Waals surface area contributed by atoms with Crippen LogP contribution in [0.1, 0.15) is 284 Å². The molecule has 9 aliphatic heterocycles. The number of fused-ring (bicyclic) bond motifs is 4. The van der Waals surface area contributed by atoms with E-state index in [-0.39, 0.29) is 101 Å². The lowest BCUT2D eigenvalue weighted by atomic mass is 9.87. The van der Waals surface area contributed by atoms with Gasteiger partial charge in [0, 0.05) is 203 Å². The molecule has 4 aliphatic carbocycles. The largest absolute Gasteiger partial charge is 0.389 e. The first-order valence-electron chi connectivity index (χ1n) is 51.5. The highest BCUT2D eigenvalue weighted by molar-refractivity contribution is 6.31. The number of carbonyl (C=O) groups is 4. The minimum absolute atomic E-state index is 0.0307. The van der Waals surface area contributed by atoms with Crippen LogP contribution in [-0.2, 0) is 23.9 Å². The number of nitrogens with one attached hydrogen (secondary N) is 2. The number of benzene rings is 4. The molecule has 13 heterocycles. The molecule has 9 saturated heterocycles. The summed E-state index contributed by atoms with van der Waals surface area (Å²) >= 11 is 24.7. The third-order valence-corrected chi connectivity index (χ3v) is 33.0. The van der Waals surface area contributed by atoms with E-state index in [0.717, 1.165) is 227 Å². The highest BCUT2D eigenvalue weighted by atomic mass is 35.5. The van der Waals surface area contributed by atoms with Gasteiger partial charge in [-0.15, -0.1) is 0 Å². The number of likely N-dealkylation sites (tertiary alicyclic amines) is 2. The first-order chi connectivity index (χ1) is 67.9. The normalized spacial score (nSPS) is 26.6. The van der Waals surface area contributed by atoms with Crippen molar-refractivity contribution in [3.8, 4) is 0 Å². The van der Waals surface area contributed by atoms with Crippen molar-refractivity contribution in [2.24, 2.45) is 0 Å². The molecule has 7 N–H and O–H groups in total. The molecule has 4 aromatic carbocycles. The predicted molar refractivity (Wildman–Crippen MR) is 548 cm³/mol. The van der Waals surface area contributed by atoms with Gasteiger partial charge in [0.2, 0.25) is 23.6 Å². The van der Waals surface area contributed by atoms with E-state index in [1.807, 2.05) is 126 Å². The van der Waals surface area contributed by atoms with Gasteiger partial charge in [0.25, 0.3) is 0 Å². The zero-order valence-corrected chi connectivity index (χ0v) is 85.7. The number of amides is 4. The minimum Gasteiger partial charge on any atom is -0.389 e. The van der Waals surface area contributed by atoms with Crippen LogP contribution in [0.4, 0.5) is 23.3 Å². The van der Waals surface area contributed by atoms with Gasteiger partial charge < -0.3 is 80.1 Å². The maximum absolute atomic E-state index is 14.3. The van der Waals surface area contributed by atoms with E-state index in [1.54, 1.807) is 25.3 Å². The SMILES string of the molecule is C[C@@H]1C[C@@H](O)c2ncnc(N3CCN(C(=O)[C@@H](c4ccc(Cl)cc4)[C@@H]4CCC(C)(C)N4)CC3)c21.C[C@@H]1C[C@@H](O)c2ncnc(N3CCN(C(=O)[C@@H](c4ccc(Cl)cc4)[C@@H]4CCCN4C4CCOCC4)CC3)c21.C[C@@H]1C[C@@H](O)c2ncnc(N3CCN(C(=O)[C@@H](c4ccc(Cl)cc4)[C@@H]4CCCN4CC(C)(C)O)CC3)c21.C[C@@H]1C[C@@H](O)c2ncnc(N3CCN(C(=O)[C@@H](c4ccc(Cl)cc4)[C@H]4CCCN4)CC3)c21. The summed E-state index contributed by atoms with van der Waals surface area (Å²) in [4.78, 5) is 114. The molecule has 13 aliphatic rings. The molecule has 4 amide bonds. The van der Waals surface area contributed by atoms with E-state index >= 15 is 0 Å². The van der Waals surface area contributed by atoms with E-state index in [1.165, 1.54) is 0 Å². The molecule has 141 heavy (non-hydrogen) atoms. The van der Waals surface area contributed by atoms with Gasteiger partial charge >= 0.3 is 0 Å². The molecule has 4 aromatic heterocycles. The number of rotatable bonds is 19. The van der Waals surface area contributed by atoms with Gasteiger partial charge in [0.15, 0.2) is 0 Å². The fourth-order valence-electron chi connectivity index (χ4n) is 25.0. The maximum atomic E-state index is 14.3. The summed E-state index contributed by atoms with van der Waals surface area (Å²) in [5.41, 5.74) is 10.5. The van der Waals surface area contributed by atoms with Crippen LogP contribution in [0.25, 0.3) is 0 Å². The third kappa shape index (κ3) is 22.7. The third-order valence-electron chi connectivity index (χ3n) is 32.0. The van der Waals surface area contributed by atoms with E-state index < -0.39 is 30.0 Å². The van der Waals surface area contributed by atoms with Crippen LogP contribution in [-0.4, -0.2) is 304 Å². The number of halogens is 4. The summed E-state index contributed by atoms with van der Waals surface area (Å²) in [5.74, 6) is 4.29. The number of β-amino-alcohol motifs (C(OH)–C–C–N with tert-alkyl or cyclic N) is 1. The van der Waals surface area contributed by atoms with Crippen LogP contribution in [0, 0.1) is 0 Å². The number of hydrogen-bond acceptors (Lipinski definition) is 26. The molecule has 34 heteroatoms. The smallest absolute Gasteiger partial charge is 0.231 e. The van der Waals surface area contributed by atoms with Gasteiger partial charge in [0.05, 0.1) is 76.5 Å². The average molecular weight is 2010 g/mol. The first-order valence-corrected chi connectivity index (χ1v) is 53.0. The van der Waals surface area contributed by atoms with E-state index in [0.29, 0.717) is 124 Å². The van der Waals surface area contributed by atoms with Crippen molar-refractivity contribution in [2.45, 2.75) is 258 Å². The number of piperazine rings is 4. The summed E-state index contributed by atoms with van der Waals surface area (Å²) < 4.78 is 5.64. The molecule has 0 spiro atoms. The molecule has 0 bridgehead atoms. The Hall–Kier alpha value is -8.96. The number of carbonyl (C=O) groups excluding carboxylic acids is 4. The molecule has 30 nitrogen and oxygen atoms in total. The van der Waals surface area contributed by atoms with Crippen LogP contribution >= 0.6 is 46.4 Å². The predicted octanol–water partition coefficient (Wildman–Crippen LogP) is 13.6. The number of aliphatic hydroxyl groups excluding tert-OH is 4. The molecule has 21 rings (SSSR count). The molecule has 756 valence electrons. The summed E-state index contributed by atoms with van der Waals surface area (Å²) in [6.07, 6.45) is 17.1. The molecule has 16 atom stereocenters. The molecule has 0 radical (unpaired) electrons. The molecule has 8 aromatic rings. The Bertz CT molecular complexity index is 5640. The van der Waals surface area contributed by atoms with Gasteiger partial charge in [-0.1, -0.05) is 123 Å². The van der Waals surface area contributed by atoms with Crippen LogP contribution in [0.3, 0.4) is 0 Å². The maximum Gasteiger partial charge on any atom is 0.231 e. The monoisotopic (exact) mass is 2000 g/mol. The van der Waals surface area contributed by atoms with E-state index in [2.05, 4.69) is 126 Å². The number of aliphatic hydroxyl groups is 5. The minimum atomic E-state index is -0.829.